The van der Waals surface area contributed by atoms with Crippen molar-refractivity contribution in [3.8, 4) is 5.75 Å². The van der Waals surface area contributed by atoms with Gasteiger partial charge in [0, 0.05) is 18.7 Å². The summed E-state index contributed by atoms with van der Waals surface area (Å²) < 4.78 is 5.22. The number of nitrogens with one attached hydrogen (secondary N) is 2. The van der Waals surface area contributed by atoms with E-state index in [1.165, 1.54) is 17.9 Å². The quantitative estimate of drug-likeness (QED) is 0.845. The van der Waals surface area contributed by atoms with Crippen molar-refractivity contribution in [2.45, 2.75) is 12.5 Å². The lowest BCUT2D eigenvalue weighted by molar-refractivity contribution is 0.415. The zero-order chi connectivity index (χ0) is 11.4. The second-order valence-corrected chi connectivity index (χ2v) is 4.90. The molecule has 16 heavy (non-hydrogen) atoms. The maximum absolute atomic E-state index is 5.22. The van der Waals surface area contributed by atoms with Gasteiger partial charge in [-0.3, -0.25) is 0 Å². The van der Waals surface area contributed by atoms with E-state index in [9.17, 15) is 0 Å². The van der Waals surface area contributed by atoms with Crippen LogP contribution in [0.4, 0.5) is 11.4 Å². The summed E-state index contributed by atoms with van der Waals surface area (Å²) >= 11 is 1.89. The number of benzene rings is 1. The molecule has 1 aromatic rings. The normalized spacial score (nSPS) is 18.2. The van der Waals surface area contributed by atoms with E-state index in [2.05, 4.69) is 23.0 Å². The van der Waals surface area contributed by atoms with Crippen LogP contribution in [0.3, 0.4) is 0 Å². The van der Waals surface area contributed by atoms with Gasteiger partial charge in [0.05, 0.1) is 18.5 Å². The van der Waals surface area contributed by atoms with Crippen LogP contribution in [0.25, 0.3) is 0 Å². The monoisotopic (exact) mass is 238 g/mol. The van der Waals surface area contributed by atoms with Crippen LogP contribution in [-0.2, 0) is 0 Å². The van der Waals surface area contributed by atoms with Gasteiger partial charge in [-0.2, -0.15) is 11.8 Å². The highest BCUT2D eigenvalue weighted by atomic mass is 32.2. The lowest BCUT2D eigenvalue weighted by atomic mass is 10.1. The number of hydrogen-bond acceptors (Lipinski definition) is 4. The molecular weight excluding hydrogens is 220 g/mol. The minimum absolute atomic E-state index is 0.520. The molecule has 0 fully saturated rings. The predicted octanol–water partition coefficient (Wildman–Crippen LogP) is 2.65. The molecule has 1 atom stereocenters. The van der Waals surface area contributed by atoms with Gasteiger partial charge < -0.3 is 15.4 Å². The van der Waals surface area contributed by atoms with Gasteiger partial charge in [-0.05, 0) is 30.6 Å². The first kappa shape index (κ1) is 11.5. The molecule has 0 bridgehead atoms. The third-order valence-corrected chi connectivity index (χ3v) is 3.44. The molecule has 0 aromatic heterocycles. The molecule has 1 aromatic carbocycles. The molecule has 3 nitrogen and oxygen atoms in total. The Morgan fingerprint density at radius 3 is 3.06 bits per heavy atom. The molecular formula is C12H18N2OS. The van der Waals surface area contributed by atoms with E-state index in [1.807, 2.05) is 23.9 Å². The van der Waals surface area contributed by atoms with E-state index in [4.69, 9.17) is 4.74 Å². The Morgan fingerprint density at radius 2 is 2.31 bits per heavy atom. The molecule has 1 unspecified atom stereocenters. The number of hydrogen-bond donors (Lipinski definition) is 2. The molecule has 0 aliphatic carbocycles. The molecule has 1 aliphatic heterocycles. The van der Waals surface area contributed by atoms with E-state index < -0.39 is 0 Å². The van der Waals surface area contributed by atoms with Gasteiger partial charge >= 0.3 is 0 Å². The Labute approximate surface area is 101 Å². The van der Waals surface area contributed by atoms with E-state index in [-0.39, 0.29) is 0 Å². The Morgan fingerprint density at radius 1 is 1.44 bits per heavy atom. The summed E-state index contributed by atoms with van der Waals surface area (Å²) in [6.45, 7) is 1.000. The molecule has 4 heteroatoms. The third-order valence-electron chi connectivity index (χ3n) is 2.80. The zero-order valence-electron chi connectivity index (χ0n) is 9.75. The molecule has 2 N–H and O–H groups in total. The fourth-order valence-corrected chi connectivity index (χ4v) is 2.38. The smallest absolute Gasteiger partial charge is 0.121 e. The first-order valence-corrected chi connectivity index (χ1v) is 6.90. The van der Waals surface area contributed by atoms with Gasteiger partial charge in [-0.1, -0.05) is 0 Å². The van der Waals surface area contributed by atoms with Crippen molar-refractivity contribution in [3.63, 3.8) is 0 Å². The van der Waals surface area contributed by atoms with Crippen molar-refractivity contribution >= 4 is 23.1 Å². The van der Waals surface area contributed by atoms with Crippen LogP contribution in [0.1, 0.15) is 6.42 Å². The van der Waals surface area contributed by atoms with Crippen molar-refractivity contribution in [1.29, 1.82) is 0 Å². The highest BCUT2D eigenvalue weighted by molar-refractivity contribution is 7.98. The Balaban J connectivity index is 2.06. The van der Waals surface area contributed by atoms with Crippen molar-refractivity contribution in [2.75, 3.05) is 36.3 Å². The largest absolute Gasteiger partial charge is 0.497 e. The molecule has 0 radical (unpaired) electrons. The average Bonchev–Trinajstić information content (AvgIpc) is 2.35. The SMILES string of the molecule is COc1ccc2c(c1)NC(CCSC)CN2. The summed E-state index contributed by atoms with van der Waals surface area (Å²) in [6.07, 6.45) is 3.33. The molecule has 1 heterocycles. The summed E-state index contributed by atoms with van der Waals surface area (Å²) in [7, 11) is 1.70. The molecule has 0 spiro atoms. The fraction of sp³-hybridized carbons (Fsp3) is 0.500. The van der Waals surface area contributed by atoms with Crippen LogP contribution < -0.4 is 15.4 Å². The van der Waals surface area contributed by atoms with Crippen molar-refractivity contribution in [1.82, 2.24) is 0 Å². The van der Waals surface area contributed by atoms with Crippen molar-refractivity contribution in [2.24, 2.45) is 0 Å². The highest BCUT2D eigenvalue weighted by Crippen LogP contribution is 2.30. The van der Waals surface area contributed by atoms with Gasteiger partial charge in [0.1, 0.15) is 5.75 Å². The predicted molar refractivity (Wildman–Crippen MR) is 71.9 cm³/mol. The van der Waals surface area contributed by atoms with Gasteiger partial charge in [-0.15, -0.1) is 0 Å². The first-order valence-electron chi connectivity index (χ1n) is 5.51. The second kappa shape index (κ2) is 5.34. The second-order valence-electron chi connectivity index (χ2n) is 3.92. The van der Waals surface area contributed by atoms with Crippen LogP contribution >= 0.6 is 11.8 Å². The average molecular weight is 238 g/mol. The van der Waals surface area contributed by atoms with E-state index in [0.29, 0.717) is 6.04 Å². The third kappa shape index (κ3) is 2.55. The van der Waals surface area contributed by atoms with Crippen molar-refractivity contribution < 1.29 is 4.74 Å². The van der Waals surface area contributed by atoms with E-state index in [1.54, 1.807) is 7.11 Å². The fourth-order valence-electron chi connectivity index (χ4n) is 1.86. The first-order chi connectivity index (χ1) is 7.83. The summed E-state index contributed by atoms with van der Waals surface area (Å²) in [5, 5.41) is 7.00. The molecule has 1 aliphatic rings. The molecule has 0 saturated carbocycles. The minimum Gasteiger partial charge on any atom is -0.497 e. The van der Waals surface area contributed by atoms with Crippen molar-refractivity contribution in [3.05, 3.63) is 18.2 Å². The molecule has 2 rings (SSSR count). The number of anilines is 2. The molecule has 0 amide bonds. The van der Waals surface area contributed by atoms with Gasteiger partial charge in [0.15, 0.2) is 0 Å². The topological polar surface area (TPSA) is 33.3 Å². The van der Waals surface area contributed by atoms with Crippen LogP contribution in [0.15, 0.2) is 18.2 Å². The maximum Gasteiger partial charge on any atom is 0.121 e. The number of thioether (sulfide) groups is 1. The van der Waals surface area contributed by atoms with Gasteiger partial charge in [-0.25, -0.2) is 0 Å². The van der Waals surface area contributed by atoms with Gasteiger partial charge in [0.25, 0.3) is 0 Å². The number of ether oxygens (including phenoxy) is 1. The zero-order valence-corrected chi connectivity index (χ0v) is 10.6. The summed E-state index contributed by atoms with van der Waals surface area (Å²) in [5.41, 5.74) is 2.32. The lowest BCUT2D eigenvalue weighted by Crippen LogP contribution is -2.33. The minimum atomic E-state index is 0.520. The number of methoxy groups -OCH3 is 1. The van der Waals surface area contributed by atoms with Crippen LogP contribution in [0.5, 0.6) is 5.75 Å². The summed E-state index contributed by atoms with van der Waals surface area (Å²) in [4.78, 5) is 0. The van der Waals surface area contributed by atoms with E-state index in [0.717, 1.165) is 18.0 Å². The van der Waals surface area contributed by atoms with E-state index >= 15 is 0 Å². The number of fused-ring (bicyclic) bond motifs is 1. The Kier molecular flexibility index (Phi) is 3.83. The molecule has 88 valence electrons. The van der Waals surface area contributed by atoms with Gasteiger partial charge in [0.2, 0.25) is 0 Å². The lowest BCUT2D eigenvalue weighted by Gasteiger charge is -2.28. The summed E-state index contributed by atoms with van der Waals surface area (Å²) in [5.74, 6) is 2.09. The summed E-state index contributed by atoms with van der Waals surface area (Å²) in [6, 6.07) is 6.61. The Bertz CT molecular complexity index is 357. The van der Waals surface area contributed by atoms with Crippen LogP contribution in [0.2, 0.25) is 0 Å². The highest BCUT2D eigenvalue weighted by Gasteiger charge is 2.16. The maximum atomic E-state index is 5.22. The standard InChI is InChI=1S/C12H18N2OS/c1-15-10-3-4-11-12(7-10)14-9(8-13-11)5-6-16-2/h3-4,7,9,13-14H,5-6,8H2,1-2H3. The number of rotatable bonds is 4. The molecule has 0 saturated heterocycles. The Hall–Kier alpha value is -1.03. The van der Waals surface area contributed by atoms with Crippen LogP contribution in [0, 0.1) is 0 Å². The van der Waals surface area contributed by atoms with Crippen LogP contribution in [-0.4, -0.2) is 31.7 Å².